The van der Waals surface area contributed by atoms with Crippen LogP contribution in [0.25, 0.3) is 22.3 Å². The van der Waals surface area contributed by atoms with Crippen LogP contribution in [0.15, 0.2) is 73.1 Å². The quantitative estimate of drug-likeness (QED) is 0.636. The molecule has 2 heterocycles. The first kappa shape index (κ1) is 18.0. The second-order valence-corrected chi connectivity index (χ2v) is 8.04. The number of hydrogen-bond acceptors (Lipinski definition) is 3. The summed E-state index contributed by atoms with van der Waals surface area (Å²) in [4.78, 5) is 4.22. The fourth-order valence-electron chi connectivity index (χ4n) is 3.26. The van der Waals surface area contributed by atoms with Crippen molar-refractivity contribution in [3.63, 3.8) is 0 Å². The van der Waals surface area contributed by atoms with Crippen LogP contribution in [-0.2, 0) is 9.31 Å². The molecule has 0 saturated carbocycles. The van der Waals surface area contributed by atoms with Gasteiger partial charge in [-0.15, -0.1) is 0 Å². The Bertz CT molecular complexity index is 937. The lowest BCUT2D eigenvalue weighted by Gasteiger charge is -2.32. The molecule has 0 aliphatic carbocycles. The second kappa shape index (κ2) is 6.63. The molecule has 3 aromatic rings. The predicted molar refractivity (Wildman–Crippen MR) is 111 cm³/mol. The Morgan fingerprint density at radius 3 is 1.89 bits per heavy atom. The summed E-state index contributed by atoms with van der Waals surface area (Å²) in [5.41, 5.74) is 4.94. The van der Waals surface area contributed by atoms with Gasteiger partial charge in [0.25, 0.3) is 0 Å². The highest BCUT2D eigenvalue weighted by atomic mass is 16.7. The Labute approximate surface area is 161 Å². The predicted octanol–water partition coefficient (Wildman–Crippen LogP) is 4.71. The molecule has 136 valence electrons. The number of aromatic nitrogens is 1. The van der Waals surface area contributed by atoms with E-state index >= 15 is 0 Å². The molecule has 1 aliphatic heterocycles. The SMILES string of the molecule is CC1(C)OB(c2cccc(-c3cccc(-c4cccnc4)c3)c2)OC1(C)C. The van der Waals surface area contributed by atoms with Crippen molar-refractivity contribution >= 4 is 12.6 Å². The molecule has 4 rings (SSSR count). The Morgan fingerprint density at radius 1 is 0.704 bits per heavy atom. The highest BCUT2D eigenvalue weighted by Gasteiger charge is 2.51. The van der Waals surface area contributed by atoms with Crippen LogP contribution in [0, 0.1) is 0 Å². The minimum Gasteiger partial charge on any atom is -0.399 e. The summed E-state index contributed by atoms with van der Waals surface area (Å²) in [6.45, 7) is 8.31. The average molecular weight is 357 g/mol. The summed E-state index contributed by atoms with van der Waals surface area (Å²) in [6, 6.07) is 21.0. The van der Waals surface area contributed by atoms with Gasteiger partial charge >= 0.3 is 7.12 Å². The molecule has 0 spiro atoms. The molecule has 1 aromatic heterocycles. The van der Waals surface area contributed by atoms with Gasteiger partial charge in [-0.1, -0.05) is 48.5 Å². The Kier molecular flexibility index (Phi) is 4.41. The minimum absolute atomic E-state index is 0.339. The first-order valence-electron chi connectivity index (χ1n) is 9.32. The lowest BCUT2D eigenvalue weighted by atomic mass is 9.78. The van der Waals surface area contributed by atoms with E-state index in [1.54, 1.807) is 6.20 Å². The van der Waals surface area contributed by atoms with E-state index in [1.165, 1.54) is 0 Å². The molecule has 1 saturated heterocycles. The van der Waals surface area contributed by atoms with E-state index in [0.29, 0.717) is 0 Å². The van der Waals surface area contributed by atoms with Gasteiger partial charge in [-0.2, -0.15) is 0 Å². The van der Waals surface area contributed by atoms with Crippen LogP contribution in [0.1, 0.15) is 27.7 Å². The van der Waals surface area contributed by atoms with Crippen LogP contribution < -0.4 is 5.46 Å². The molecular weight excluding hydrogens is 333 g/mol. The van der Waals surface area contributed by atoms with Crippen LogP contribution in [0.3, 0.4) is 0 Å². The van der Waals surface area contributed by atoms with E-state index in [9.17, 15) is 0 Å². The van der Waals surface area contributed by atoms with Gasteiger partial charge in [0.2, 0.25) is 0 Å². The Balaban J connectivity index is 1.66. The average Bonchev–Trinajstić information content (AvgIpc) is 2.90. The fraction of sp³-hybridized carbons (Fsp3) is 0.261. The molecule has 2 aromatic carbocycles. The zero-order valence-electron chi connectivity index (χ0n) is 16.3. The van der Waals surface area contributed by atoms with E-state index in [1.807, 2.05) is 12.3 Å². The third kappa shape index (κ3) is 3.43. The monoisotopic (exact) mass is 357 g/mol. The number of nitrogens with zero attached hydrogens (tertiary/aromatic N) is 1. The van der Waals surface area contributed by atoms with Crippen molar-refractivity contribution in [1.29, 1.82) is 0 Å². The normalized spacial score (nSPS) is 17.9. The molecule has 0 radical (unpaired) electrons. The summed E-state index contributed by atoms with van der Waals surface area (Å²) in [5, 5.41) is 0. The maximum absolute atomic E-state index is 6.20. The van der Waals surface area contributed by atoms with E-state index in [-0.39, 0.29) is 18.3 Å². The van der Waals surface area contributed by atoms with Crippen LogP contribution in [0.5, 0.6) is 0 Å². The van der Waals surface area contributed by atoms with Crippen LogP contribution >= 0.6 is 0 Å². The lowest BCUT2D eigenvalue weighted by molar-refractivity contribution is 0.00578. The maximum Gasteiger partial charge on any atom is 0.494 e. The standard InChI is InChI=1S/C23H24BNO2/c1-22(2)23(3,4)27-24(26-22)21-12-6-10-19(15-21)17-8-5-9-18(14-17)20-11-7-13-25-16-20/h5-16H,1-4H3. The summed E-state index contributed by atoms with van der Waals surface area (Å²) in [6.07, 6.45) is 3.68. The van der Waals surface area contributed by atoms with Crippen molar-refractivity contribution in [3.05, 3.63) is 73.1 Å². The van der Waals surface area contributed by atoms with Gasteiger partial charge in [0.1, 0.15) is 0 Å². The van der Waals surface area contributed by atoms with Gasteiger partial charge in [0.05, 0.1) is 11.2 Å². The van der Waals surface area contributed by atoms with Gasteiger partial charge in [-0.3, -0.25) is 4.98 Å². The van der Waals surface area contributed by atoms with Crippen molar-refractivity contribution in [1.82, 2.24) is 4.98 Å². The first-order chi connectivity index (χ1) is 12.9. The highest BCUT2D eigenvalue weighted by molar-refractivity contribution is 6.62. The molecule has 3 nitrogen and oxygen atoms in total. The van der Waals surface area contributed by atoms with Gasteiger partial charge in [-0.25, -0.2) is 0 Å². The smallest absolute Gasteiger partial charge is 0.399 e. The van der Waals surface area contributed by atoms with Crippen molar-refractivity contribution in [2.75, 3.05) is 0 Å². The molecule has 1 aliphatic rings. The Hall–Kier alpha value is -2.43. The molecule has 4 heteroatoms. The van der Waals surface area contributed by atoms with Crippen molar-refractivity contribution in [3.8, 4) is 22.3 Å². The third-order valence-electron chi connectivity index (χ3n) is 5.60. The fourth-order valence-corrected chi connectivity index (χ4v) is 3.26. The third-order valence-corrected chi connectivity index (χ3v) is 5.60. The van der Waals surface area contributed by atoms with Crippen molar-refractivity contribution in [2.24, 2.45) is 0 Å². The van der Waals surface area contributed by atoms with Gasteiger partial charge in [-0.05, 0) is 62.0 Å². The van der Waals surface area contributed by atoms with Gasteiger partial charge in [0.15, 0.2) is 0 Å². The maximum atomic E-state index is 6.20. The minimum atomic E-state index is -0.351. The summed E-state index contributed by atoms with van der Waals surface area (Å²) < 4.78 is 12.4. The molecular formula is C23H24BNO2. The van der Waals surface area contributed by atoms with Crippen LogP contribution in [0.2, 0.25) is 0 Å². The first-order valence-corrected chi connectivity index (χ1v) is 9.32. The molecule has 27 heavy (non-hydrogen) atoms. The largest absolute Gasteiger partial charge is 0.494 e. The topological polar surface area (TPSA) is 31.4 Å². The van der Waals surface area contributed by atoms with E-state index in [2.05, 4.69) is 87.3 Å². The van der Waals surface area contributed by atoms with E-state index in [4.69, 9.17) is 9.31 Å². The van der Waals surface area contributed by atoms with Crippen LogP contribution in [-0.4, -0.2) is 23.3 Å². The molecule has 0 amide bonds. The molecule has 1 fully saturated rings. The van der Waals surface area contributed by atoms with E-state index < -0.39 is 0 Å². The van der Waals surface area contributed by atoms with Crippen molar-refractivity contribution < 1.29 is 9.31 Å². The zero-order valence-corrected chi connectivity index (χ0v) is 16.3. The number of hydrogen-bond donors (Lipinski definition) is 0. The highest BCUT2D eigenvalue weighted by Crippen LogP contribution is 2.36. The lowest BCUT2D eigenvalue weighted by Crippen LogP contribution is -2.41. The van der Waals surface area contributed by atoms with Crippen LogP contribution in [0.4, 0.5) is 0 Å². The Morgan fingerprint density at radius 2 is 1.26 bits per heavy atom. The summed E-state index contributed by atoms with van der Waals surface area (Å²) in [7, 11) is -0.351. The number of rotatable bonds is 3. The second-order valence-electron chi connectivity index (χ2n) is 8.04. The number of benzene rings is 2. The van der Waals surface area contributed by atoms with Gasteiger partial charge in [0, 0.05) is 18.0 Å². The molecule has 0 N–H and O–H groups in total. The summed E-state index contributed by atoms with van der Waals surface area (Å²) in [5.74, 6) is 0. The molecule has 0 unspecified atom stereocenters. The van der Waals surface area contributed by atoms with Crippen molar-refractivity contribution in [2.45, 2.75) is 38.9 Å². The molecule has 0 bridgehead atoms. The summed E-state index contributed by atoms with van der Waals surface area (Å²) >= 11 is 0. The molecule has 0 atom stereocenters. The van der Waals surface area contributed by atoms with Gasteiger partial charge < -0.3 is 9.31 Å². The number of pyridine rings is 1. The zero-order chi connectivity index (χ0) is 19.1. The van der Waals surface area contributed by atoms with E-state index in [0.717, 1.165) is 27.7 Å².